The van der Waals surface area contributed by atoms with E-state index in [0.717, 1.165) is 43.4 Å². The van der Waals surface area contributed by atoms with Crippen LogP contribution in [0.5, 0.6) is 5.75 Å². The zero-order valence-electron chi connectivity index (χ0n) is 13.5. The number of thiazole rings is 1. The number of nitrogens with zero attached hydrogens (tertiary/aromatic N) is 3. The highest BCUT2D eigenvalue weighted by Gasteiger charge is 2.13. The Morgan fingerprint density at radius 3 is 2.58 bits per heavy atom. The van der Waals surface area contributed by atoms with Crippen LogP contribution >= 0.6 is 23.1 Å². The van der Waals surface area contributed by atoms with Crippen LogP contribution in [0.1, 0.15) is 5.69 Å². The number of benzene rings is 1. The molecule has 24 heavy (non-hydrogen) atoms. The Morgan fingerprint density at radius 2 is 1.96 bits per heavy atom. The maximum Gasteiger partial charge on any atom is 0.124 e. The second-order valence-electron chi connectivity index (χ2n) is 5.02. The summed E-state index contributed by atoms with van der Waals surface area (Å²) in [5.74, 6) is 1.67. The Morgan fingerprint density at radius 1 is 1.17 bits per heavy atom. The van der Waals surface area contributed by atoms with Crippen LogP contribution in [0.15, 0.2) is 54.1 Å². The van der Waals surface area contributed by atoms with Crippen molar-refractivity contribution >= 4 is 23.1 Å². The molecule has 0 unspecified atom stereocenters. The number of aromatic nitrogens is 3. The van der Waals surface area contributed by atoms with E-state index in [4.69, 9.17) is 4.74 Å². The Kier molecular flexibility index (Phi) is 5.27. The fraction of sp³-hybridized carbons (Fsp3) is 0.167. The highest BCUT2D eigenvalue weighted by atomic mass is 32.2. The molecule has 0 spiro atoms. The predicted octanol–water partition coefficient (Wildman–Crippen LogP) is 4.86. The SMILES string of the molecule is C=CCSc1ccc(-c2sc(-c3ccc(OC)cc3)nc2C)nn1. The Bertz CT molecular complexity index is 826. The topological polar surface area (TPSA) is 47.9 Å². The molecular weight excluding hydrogens is 338 g/mol. The predicted molar refractivity (Wildman–Crippen MR) is 101 cm³/mol. The van der Waals surface area contributed by atoms with Gasteiger partial charge in [0.25, 0.3) is 0 Å². The van der Waals surface area contributed by atoms with Crippen molar-refractivity contribution in [2.75, 3.05) is 12.9 Å². The van der Waals surface area contributed by atoms with E-state index in [1.165, 1.54) is 0 Å². The zero-order chi connectivity index (χ0) is 16.9. The molecule has 0 atom stereocenters. The third-order valence-electron chi connectivity index (χ3n) is 3.36. The molecule has 122 valence electrons. The summed E-state index contributed by atoms with van der Waals surface area (Å²) in [6, 6.07) is 11.9. The van der Waals surface area contributed by atoms with Crippen molar-refractivity contribution in [1.82, 2.24) is 15.2 Å². The monoisotopic (exact) mass is 355 g/mol. The van der Waals surface area contributed by atoms with Gasteiger partial charge in [-0.2, -0.15) is 0 Å². The van der Waals surface area contributed by atoms with Gasteiger partial charge in [-0.25, -0.2) is 4.98 Å². The summed E-state index contributed by atoms with van der Waals surface area (Å²) in [7, 11) is 1.66. The lowest BCUT2D eigenvalue weighted by atomic mass is 10.2. The van der Waals surface area contributed by atoms with Crippen molar-refractivity contribution in [3.63, 3.8) is 0 Å². The van der Waals surface area contributed by atoms with Gasteiger partial charge in [0.2, 0.25) is 0 Å². The number of ether oxygens (including phenoxy) is 1. The van der Waals surface area contributed by atoms with Crippen molar-refractivity contribution in [1.29, 1.82) is 0 Å². The molecule has 0 aliphatic rings. The van der Waals surface area contributed by atoms with E-state index < -0.39 is 0 Å². The molecule has 0 bridgehead atoms. The molecule has 2 heterocycles. The molecule has 0 radical (unpaired) electrons. The first-order valence-electron chi connectivity index (χ1n) is 7.41. The first-order valence-corrected chi connectivity index (χ1v) is 9.21. The number of rotatable bonds is 6. The van der Waals surface area contributed by atoms with E-state index in [9.17, 15) is 0 Å². The fourth-order valence-electron chi connectivity index (χ4n) is 2.15. The van der Waals surface area contributed by atoms with E-state index >= 15 is 0 Å². The van der Waals surface area contributed by atoms with Crippen molar-refractivity contribution in [2.24, 2.45) is 0 Å². The largest absolute Gasteiger partial charge is 0.497 e. The van der Waals surface area contributed by atoms with Gasteiger partial charge in [-0.15, -0.1) is 39.9 Å². The minimum Gasteiger partial charge on any atom is -0.497 e. The van der Waals surface area contributed by atoms with Crippen LogP contribution in [0.2, 0.25) is 0 Å². The van der Waals surface area contributed by atoms with Gasteiger partial charge in [-0.3, -0.25) is 0 Å². The van der Waals surface area contributed by atoms with Gasteiger partial charge in [-0.1, -0.05) is 6.08 Å². The molecule has 0 saturated heterocycles. The Labute approximate surface area is 149 Å². The summed E-state index contributed by atoms with van der Waals surface area (Å²) in [4.78, 5) is 5.73. The highest BCUT2D eigenvalue weighted by Crippen LogP contribution is 2.34. The summed E-state index contributed by atoms with van der Waals surface area (Å²) in [6.07, 6.45) is 1.86. The molecule has 6 heteroatoms. The zero-order valence-corrected chi connectivity index (χ0v) is 15.2. The molecule has 0 N–H and O–H groups in total. The highest BCUT2D eigenvalue weighted by molar-refractivity contribution is 7.99. The lowest BCUT2D eigenvalue weighted by Gasteiger charge is -2.00. The van der Waals surface area contributed by atoms with Crippen molar-refractivity contribution in [3.8, 4) is 26.9 Å². The number of aryl methyl sites for hydroxylation is 1. The molecule has 0 fully saturated rings. The van der Waals surface area contributed by atoms with Crippen molar-refractivity contribution < 1.29 is 4.74 Å². The van der Waals surface area contributed by atoms with Crippen molar-refractivity contribution in [2.45, 2.75) is 11.9 Å². The molecule has 3 aromatic rings. The summed E-state index contributed by atoms with van der Waals surface area (Å²) in [5, 5.41) is 10.5. The molecular formula is C18H17N3OS2. The molecule has 2 aromatic heterocycles. The van der Waals surface area contributed by atoms with E-state index in [1.54, 1.807) is 30.2 Å². The molecule has 0 saturated carbocycles. The smallest absolute Gasteiger partial charge is 0.124 e. The van der Waals surface area contributed by atoms with E-state index in [2.05, 4.69) is 21.8 Å². The van der Waals surface area contributed by atoms with Crippen LogP contribution in [0.3, 0.4) is 0 Å². The average Bonchev–Trinajstić information content (AvgIpc) is 3.02. The van der Waals surface area contributed by atoms with Crippen LogP contribution in [-0.4, -0.2) is 28.0 Å². The van der Waals surface area contributed by atoms with Gasteiger partial charge in [0.05, 0.1) is 17.7 Å². The second-order valence-corrected chi connectivity index (χ2v) is 7.06. The third-order valence-corrected chi connectivity index (χ3v) is 5.50. The molecule has 0 aliphatic heterocycles. The lowest BCUT2D eigenvalue weighted by molar-refractivity contribution is 0.415. The van der Waals surface area contributed by atoms with Crippen LogP contribution in [-0.2, 0) is 0 Å². The van der Waals surface area contributed by atoms with E-state index in [1.807, 2.05) is 49.4 Å². The summed E-state index contributed by atoms with van der Waals surface area (Å²) < 4.78 is 5.20. The van der Waals surface area contributed by atoms with Gasteiger partial charge in [-0.05, 0) is 43.3 Å². The van der Waals surface area contributed by atoms with Crippen LogP contribution in [0.25, 0.3) is 21.1 Å². The summed E-state index contributed by atoms with van der Waals surface area (Å²) in [5.41, 5.74) is 2.89. The lowest BCUT2D eigenvalue weighted by Crippen LogP contribution is -1.89. The molecule has 0 amide bonds. The number of hydrogen-bond donors (Lipinski definition) is 0. The van der Waals surface area contributed by atoms with E-state index in [-0.39, 0.29) is 0 Å². The third kappa shape index (κ3) is 3.66. The number of methoxy groups -OCH3 is 1. The first-order chi connectivity index (χ1) is 11.7. The maximum atomic E-state index is 5.20. The standard InChI is InChI=1S/C18H17N3OS2/c1-4-11-23-16-10-9-15(20-21-16)17-12(2)19-18(24-17)13-5-7-14(22-3)8-6-13/h4-10H,1,11H2,2-3H3. The van der Waals surface area contributed by atoms with Gasteiger partial charge in [0, 0.05) is 11.3 Å². The van der Waals surface area contributed by atoms with Crippen LogP contribution < -0.4 is 4.74 Å². The Hall–Kier alpha value is -2.18. The minimum atomic E-state index is 0.829. The van der Waals surface area contributed by atoms with E-state index in [0.29, 0.717) is 0 Å². The first kappa shape index (κ1) is 16.7. The van der Waals surface area contributed by atoms with Gasteiger partial charge in [0.1, 0.15) is 21.5 Å². The van der Waals surface area contributed by atoms with Crippen LogP contribution in [0.4, 0.5) is 0 Å². The molecule has 4 nitrogen and oxygen atoms in total. The summed E-state index contributed by atoms with van der Waals surface area (Å²) >= 11 is 3.24. The van der Waals surface area contributed by atoms with Gasteiger partial charge >= 0.3 is 0 Å². The minimum absolute atomic E-state index is 0.829. The fourth-order valence-corrected chi connectivity index (χ4v) is 3.74. The number of thioether (sulfide) groups is 1. The number of hydrogen-bond acceptors (Lipinski definition) is 6. The second kappa shape index (κ2) is 7.59. The molecule has 0 aliphatic carbocycles. The van der Waals surface area contributed by atoms with Crippen molar-refractivity contribution in [3.05, 3.63) is 54.7 Å². The van der Waals surface area contributed by atoms with Crippen LogP contribution in [0, 0.1) is 6.92 Å². The quantitative estimate of drug-likeness (QED) is 0.467. The average molecular weight is 355 g/mol. The van der Waals surface area contributed by atoms with Gasteiger partial charge in [0.15, 0.2) is 0 Å². The normalized spacial score (nSPS) is 10.6. The van der Waals surface area contributed by atoms with Gasteiger partial charge < -0.3 is 4.74 Å². The summed E-state index contributed by atoms with van der Waals surface area (Å²) in [6.45, 7) is 5.71. The maximum absolute atomic E-state index is 5.20. The molecule has 1 aromatic carbocycles. The Balaban J connectivity index is 1.86. The molecule has 3 rings (SSSR count).